The molecule has 0 spiro atoms. The van der Waals surface area contributed by atoms with Gasteiger partial charge in [-0.15, -0.1) is 0 Å². The number of carbonyl (C=O) groups excluding carboxylic acids is 3. The SMILES string of the molecule is C.C.C.C.CC(C)CN(C)C[C@@H](O)[C@@H](N)Cc1ccccc1.CC(C)CN(C)C[C@@H](O)[C@H](Cc1ccccc1)NC(=O)O[C@@H]1CO[C@@H]2OCC[C@@H]21.CC(C)CN(C)C[C@@H](O)[C@H](Cc1ccccc1)NP.CC(C)CNC[C@@H](O)[C@H](Cc1ccccc1)NC(=O)O[C@@H]1CO[C@@H]2OCC[C@@H]21.CC(C)CNC[C@@H](O)[C@H](Cc1ccccc1)NP.O=[C-]O[C@@H]1CO[C@@H]2OCC[C@@H]21.[Y]. The number of hydrogen-bond donors (Lipinski definition) is 12. The summed E-state index contributed by atoms with van der Waals surface area (Å²) in [6, 6.07) is 49.3. The van der Waals surface area contributed by atoms with Crippen LogP contribution in [-0.2, 0) is 112 Å². The van der Waals surface area contributed by atoms with Gasteiger partial charge in [-0.1, -0.05) is 276 Å². The molecule has 6 aliphatic heterocycles. The third-order valence-corrected chi connectivity index (χ3v) is 22.8. The number of aliphatic hydroxyl groups is 5. The fraction of sp³-hybridized carbons (Fsp3) is 0.663. The van der Waals surface area contributed by atoms with Gasteiger partial charge in [0, 0.05) is 109 Å². The number of nitrogens with two attached hydrogens (primary N) is 1. The number of rotatable bonds is 43. The molecule has 5 aromatic carbocycles. The van der Waals surface area contributed by atoms with E-state index in [1.54, 1.807) is 0 Å². The van der Waals surface area contributed by atoms with Crippen molar-refractivity contribution in [2.24, 2.45) is 53.1 Å². The Labute approximate surface area is 800 Å². The third-order valence-electron chi connectivity index (χ3n) is 21.9. The molecule has 21 atom stereocenters. The number of nitrogens with zero attached hydrogens (tertiary/aromatic N) is 3. The monoisotopic (exact) mass is 1910 g/mol. The molecule has 13 N–H and O–H groups in total. The number of alkyl carbamates (subject to hydrolysis) is 2. The van der Waals surface area contributed by atoms with Crippen molar-refractivity contribution in [3.05, 3.63) is 179 Å². The van der Waals surface area contributed by atoms with Gasteiger partial charge in [0.1, 0.15) is 12.2 Å². The van der Waals surface area contributed by atoms with Crippen molar-refractivity contribution in [3.63, 3.8) is 0 Å². The number of fused-ring (bicyclic) bond motifs is 3. The minimum absolute atomic E-state index is 0. The van der Waals surface area contributed by atoms with Crippen molar-refractivity contribution in [2.75, 3.05) is 126 Å². The van der Waals surface area contributed by atoms with E-state index in [9.17, 15) is 39.9 Å². The Morgan fingerprint density at radius 2 is 0.672 bits per heavy atom. The molecule has 6 heterocycles. The molecular formula is C98H169N10O17P2Y-. The number of nitrogens with one attached hydrogen (secondary N) is 6. The molecule has 0 bridgehead atoms. The molecule has 11 rings (SSSR count). The van der Waals surface area contributed by atoms with Gasteiger partial charge in [0.15, 0.2) is 18.9 Å². The van der Waals surface area contributed by atoms with Gasteiger partial charge in [0.05, 0.1) is 100 Å². The van der Waals surface area contributed by atoms with Crippen LogP contribution in [0, 0.1) is 47.3 Å². The quantitative estimate of drug-likeness (QED) is 0.00980. The molecule has 6 saturated heterocycles. The number of ether oxygens (including phenoxy) is 9. The van der Waals surface area contributed by atoms with Crippen molar-refractivity contribution >= 4 is 37.4 Å². The average Bonchev–Trinajstić information content (AvgIpc) is 1.69. The maximum Gasteiger partial charge on any atom is 0.407 e. The van der Waals surface area contributed by atoms with Gasteiger partial charge in [-0.25, -0.2) is 9.59 Å². The maximum atomic E-state index is 12.6. The van der Waals surface area contributed by atoms with Crippen LogP contribution in [0.3, 0.4) is 0 Å². The zero-order valence-corrected chi connectivity index (χ0v) is 81.2. The summed E-state index contributed by atoms with van der Waals surface area (Å²) in [7, 11) is 11.1. The van der Waals surface area contributed by atoms with Crippen molar-refractivity contribution in [1.82, 2.24) is 46.1 Å². The summed E-state index contributed by atoms with van der Waals surface area (Å²) in [4.78, 5) is 41.4. The minimum atomic E-state index is -0.728. The Morgan fingerprint density at radius 3 is 0.984 bits per heavy atom. The van der Waals surface area contributed by atoms with E-state index in [1.807, 2.05) is 141 Å². The Hall–Kier alpha value is -4.69. The molecule has 0 aromatic heterocycles. The molecule has 6 aliphatic rings. The van der Waals surface area contributed by atoms with Crippen LogP contribution in [-0.4, -0.2) is 283 Å². The van der Waals surface area contributed by atoms with Gasteiger partial charge in [-0.05, 0) is 143 Å². The smallest absolute Gasteiger partial charge is 0.407 e. The molecule has 5 aromatic rings. The average molecular weight is 1910 g/mol. The van der Waals surface area contributed by atoms with Gasteiger partial charge < -0.3 is 115 Å². The normalized spacial score (nSPS) is 21.6. The van der Waals surface area contributed by atoms with E-state index in [2.05, 4.69) is 165 Å². The number of carbonyl (C=O) groups is 2. The summed E-state index contributed by atoms with van der Waals surface area (Å²) in [5, 5.41) is 70.7. The first-order chi connectivity index (χ1) is 59.0. The first-order valence-electron chi connectivity index (χ1n) is 44.4. The molecule has 0 aliphatic carbocycles. The van der Waals surface area contributed by atoms with Gasteiger partial charge in [-0.2, -0.15) is 0 Å². The van der Waals surface area contributed by atoms with E-state index < -0.39 is 42.6 Å². The van der Waals surface area contributed by atoms with Gasteiger partial charge >= 0.3 is 12.2 Å². The van der Waals surface area contributed by atoms with Crippen LogP contribution in [0.1, 0.15) is 146 Å². The molecule has 6 fully saturated rings. The maximum absolute atomic E-state index is 12.6. The molecule has 0 saturated carbocycles. The first kappa shape index (κ1) is 121. The van der Waals surface area contributed by atoms with E-state index in [4.69, 9.17) is 48.4 Å². The fourth-order valence-electron chi connectivity index (χ4n) is 15.8. The number of benzene rings is 5. The first-order valence-corrected chi connectivity index (χ1v) is 45.6. The summed E-state index contributed by atoms with van der Waals surface area (Å²) >= 11 is 0. The van der Waals surface area contributed by atoms with Crippen LogP contribution in [0.25, 0.3) is 0 Å². The second-order valence-electron chi connectivity index (χ2n) is 35.6. The number of amides is 2. The number of hydrogen-bond acceptors (Lipinski definition) is 25. The number of likely N-dealkylation sites (N-methyl/N-ethyl adjacent to an activating group) is 3. The van der Waals surface area contributed by atoms with Crippen LogP contribution in [0.15, 0.2) is 152 Å². The van der Waals surface area contributed by atoms with E-state index in [0.717, 1.165) is 82.4 Å². The van der Waals surface area contributed by atoms with Crippen molar-refractivity contribution in [1.29, 1.82) is 0 Å². The van der Waals surface area contributed by atoms with E-state index in [-0.39, 0.29) is 148 Å². The van der Waals surface area contributed by atoms with Gasteiger partial charge in [0.2, 0.25) is 0 Å². The minimum Gasteiger partial charge on any atom is -0.649 e. The largest absolute Gasteiger partial charge is 0.649 e. The summed E-state index contributed by atoms with van der Waals surface area (Å²) in [5.74, 6) is 3.24. The molecule has 30 heteroatoms. The second kappa shape index (κ2) is 68.3. The van der Waals surface area contributed by atoms with Crippen molar-refractivity contribution in [2.45, 2.75) is 248 Å². The zero-order chi connectivity index (χ0) is 89.6. The second-order valence-corrected chi connectivity index (χ2v) is 36.3. The van der Waals surface area contributed by atoms with Crippen molar-refractivity contribution < 1.29 is 115 Å². The standard InChI is InChI=1S/C22H34N2O5.C21H32N2O5.C15H27N2OP.C15H26N2O.C14H25N2OP.C7H9O4.4CH4.Y/c1-15(2)12-24(3)13-19(25)18(11-16-7-5-4-6-8-16)23-22(26)29-20-14-28-21-17(20)9-10-27-21;1-14(2)11-22-12-18(24)17(10-15-6-4-3-5-7-15)23-21(25)28-19-13-27-20-16(19)8-9-26-20;1-12(2)10-17(3)11-15(18)14(16-19)9-13-7-5-4-6-8-13;1-12(2)10-17(3)11-15(18)14(16)9-13-7-5-4-6-8-13;1-11(2)9-15-10-14(17)13(16-18)8-12-6-4-3-5-7-12;8-4-11-6-3-10-7-5(6)1-2-9-7;;;;;/h4-8,15,17-21,25H,9-14H2,1-3H3,(H,23,26);3-7,14,16-20,22,24H,8-13H2,1-2H3,(H,23,25);4-8,12,14-16,18H,9-11,19H2,1-3H3;4-8,12,14-15,18H,9-11,16H2,1-3H3;3-7,11,13-17H,8-10,18H2,1-2H3;5-7H,1-3H2;4*1H4;/q;;;;;-1;;;;;/t17-,18+,19-,20-,21+;16-,17+,18-,19-,20+;2*14-,15+;13-,14+;5-,6-,7+;;;;;/m110001...../s1. The van der Waals surface area contributed by atoms with Crippen LogP contribution in [0.2, 0.25) is 0 Å². The van der Waals surface area contributed by atoms with E-state index >= 15 is 0 Å². The third kappa shape index (κ3) is 48.0. The van der Waals surface area contributed by atoms with Crippen LogP contribution in [0.4, 0.5) is 9.59 Å². The van der Waals surface area contributed by atoms with Crippen LogP contribution < -0.4 is 37.2 Å². The van der Waals surface area contributed by atoms with Crippen LogP contribution in [0.5, 0.6) is 0 Å². The van der Waals surface area contributed by atoms with Gasteiger partial charge in [-0.3, -0.25) is 10.2 Å². The summed E-state index contributed by atoms with van der Waals surface area (Å²) in [6.45, 7) is 33.6. The predicted octanol–water partition coefficient (Wildman–Crippen LogP) is 11.1. The van der Waals surface area contributed by atoms with Gasteiger partial charge in [0.25, 0.3) is 0 Å². The molecule has 128 heavy (non-hydrogen) atoms. The zero-order valence-electron chi connectivity index (χ0n) is 76.0. The Bertz CT molecular complexity index is 3570. The molecule has 2 amide bonds. The molecule has 27 nitrogen and oxygen atoms in total. The summed E-state index contributed by atoms with van der Waals surface area (Å²) in [5.41, 5.74) is 11.8. The molecule has 1 radical (unpaired) electrons. The summed E-state index contributed by atoms with van der Waals surface area (Å²) < 4.78 is 48.4. The van der Waals surface area contributed by atoms with E-state index in [0.29, 0.717) is 115 Å². The van der Waals surface area contributed by atoms with Crippen molar-refractivity contribution in [3.8, 4) is 0 Å². The van der Waals surface area contributed by atoms with Crippen LogP contribution >= 0.6 is 18.8 Å². The Kier molecular flexibility index (Phi) is 64.8. The number of aliphatic hydroxyl groups excluding tert-OH is 5. The summed E-state index contributed by atoms with van der Waals surface area (Å²) in [6.07, 6.45) is 0.880. The topological polar surface area (TPSA) is 343 Å². The molecule has 2 unspecified atom stereocenters. The molecule has 727 valence electrons. The predicted molar refractivity (Wildman–Crippen MR) is 518 cm³/mol. The molecular weight excluding hydrogens is 1740 g/mol. The Morgan fingerprint density at radius 1 is 0.398 bits per heavy atom. The van der Waals surface area contributed by atoms with E-state index in [1.165, 1.54) is 23.2 Å². The Balaban J connectivity index is 0.000000779. The fourth-order valence-corrected chi connectivity index (χ4v) is 16.5.